The molecule has 1 aliphatic heterocycles. The van der Waals surface area contributed by atoms with E-state index in [0.29, 0.717) is 30.1 Å². The third-order valence-electron chi connectivity index (χ3n) is 7.93. The van der Waals surface area contributed by atoms with Crippen LogP contribution in [0.2, 0.25) is 0 Å². The standard InChI is InChI=1S/C23H29NO2Se/c1-23-12-11-21(26)24-22(23)20(27-14-5-3-2-4-6-14)13-17-15-8-10-19(25)16(15)7-9-18(17)23/h2-6,15-19,25H,7-13H2,1H3,(H,24,26)/t15?,16?,17?,18?,19-,23?/m0/s1. The minimum absolute atomic E-state index is 0.0803. The summed E-state index contributed by atoms with van der Waals surface area (Å²) in [5.74, 6) is 2.74. The van der Waals surface area contributed by atoms with E-state index in [-0.39, 0.29) is 32.4 Å². The van der Waals surface area contributed by atoms with Gasteiger partial charge in [-0.15, -0.1) is 0 Å². The van der Waals surface area contributed by atoms with Crippen molar-refractivity contribution in [2.24, 2.45) is 29.1 Å². The second kappa shape index (κ2) is 6.76. The van der Waals surface area contributed by atoms with E-state index in [1.807, 2.05) is 0 Å². The molecule has 144 valence electrons. The van der Waals surface area contributed by atoms with Crippen molar-refractivity contribution >= 4 is 25.3 Å². The predicted molar refractivity (Wildman–Crippen MR) is 107 cm³/mol. The van der Waals surface area contributed by atoms with Gasteiger partial charge in [-0.2, -0.15) is 0 Å². The van der Waals surface area contributed by atoms with Gasteiger partial charge in [0, 0.05) is 0 Å². The number of carbonyl (C=O) groups excluding carboxylic acids is 1. The molecule has 2 saturated carbocycles. The van der Waals surface area contributed by atoms with Crippen molar-refractivity contribution in [1.82, 2.24) is 5.32 Å². The Labute approximate surface area is 168 Å². The number of aliphatic hydroxyl groups is 1. The Morgan fingerprint density at radius 2 is 1.85 bits per heavy atom. The molecule has 1 heterocycles. The molecule has 4 heteroatoms. The molecule has 0 aromatic heterocycles. The zero-order chi connectivity index (χ0) is 18.6. The van der Waals surface area contributed by atoms with Crippen LogP contribution in [0.5, 0.6) is 0 Å². The van der Waals surface area contributed by atoms with Crippen LogP contribution >= 0.6 is 0 Å². The third-order valence-corrected chi connectivity index (χ3v) is 10.3. The fourth-order valence-corrected chi connectivity index (χ4v) is 9.23. The van der Waals surface area contributed by atoms with Gasteiger partial charge in [-0.05, 0) is 0 Å². The number of carbonyl (C=O) groups is 1. The van der Waals surface area contributed by atoms with E-state index in [1.54, 1.807) is 0 Å². The van der Waals surface area contributed by atoms with Gasteiger partial charge in [0.25, 0.3) is 0 Å². The van der Waals surface area contributed by atoms with Crippen LogP contribution in [0.15, 0.2) is 40.5 Å². The Bertz CT molecular complexity index is 776. The van der Waals surface area contributed by atoms with Crippen LogP contribution in [-0.4, -0.2) is 32.1 Å². The number of hydrogen-bond acceptors (Lipinski definition) is 2. The van der Waals surface area contributed by atoms with Crippen molar-refractivity contribution in [2.45, 2.75) is 58.0 Å². The molecule has 3 nitrogen and oxygen atoms in total. The summed E-state index contributed by atoms with van der Waals surface area (Å²) in [6.45, 7) is 2.42. The number of rotatable bonds is 2. The fourth-order valence-electron chi connectivity index (χ4n) is 6.63. The number of piperidine rings is 1. The fraction of sp³-hybridized carbons (Fsp3) is 0.609. The normalized spacial score (nSPS) is 40.8. The quantitative estimate of drug-likeness (QED) is 0.709. The molecule has 2 N–H and O–H groups in total. The molecule has 5 rings (SSSR count). The summed E-state index contributed by atoms with van der Waals surface area (Å²) in [6.07, 6.45) is 7.25. The predicted octanol–water partition coefficient (Wildman–Crippen LogP) is 2.96. The van der Waals surface area contributed by atoms with Crippen LogP contribution in [0.25, 0.3) is 0 Å². The Morgan fingerprint density at radius 1 is 1.07 bits per heavy atom. The summed E-state index contributed by atoms with van der Waals surface area (Å²) in [4.78, 5) is 12.3. The van der Waals surface area contributed by atoms with Crippen molar-refractivity contribution in [3.8, 4) is 0 Å². The number of fused-ring (bicyclic) bond motifs is 5. The van der Waals surface area contributed by atoms with Gasteiger partial charge in [-0.25, -0.2) is 0 Å². The van der Waals surface area contributed by atoms with Gasteiger partial charge in [-0.1, -0.05) is 0 Å². The Morgan fingerprint density at radius 3 is 2.67 bits per heavy atom. The Hall–Kier alpha value is -1.09. The summed E-state index contributed by atoms with van der Waals surface area (Å²) in [7, 11) is 0. The van der Waals surface area contributed by atoms with Gasteiger partial charge >= 0.3 is 168 Å². The molecule has 1 amide bonds. The Kier molecular flexibility index (Phi) is 4.50. The summed E-state index contributed by atoms with van der Waals surface area (Å²) in [5, 5.41) is 13.8. The van der Waals surface area contributed by atoms with Gasteiger partial charge < -0.3 is 0 Å². The monoisotopic (exact) mass is 431 g/mol. The average molecular weight is 430 g/mol. The molecular weight excluding hydrogens is 401 g/mol. The third kappa shape index (κ3) is 2.92. The zero-order valence-corrected chi connectivity index (χ0v) is 17.7. The van der Waals surface area contributed by atoms with Gasteiger partial charge in [-0.3, -0.25) is 0 Å². The maximum atomic E-state index is 12.3. The van der Waals surface area contributed by atoms with E-state index in [2.05, 4.69) is 42.6 Å². The molecule has 1 aromatic rings. The van der Waals surface area contributed by atoms with Crippen LogP contribution in [0.4, 0.5) is 0 Å². The molecule has 1 saturated heterocycles. The van der Waals surface area contributed by atoms with E-state index in [1.165, 1.54) is 33.9 Å². The molecule has 3 fully saturated rings. The molecule has 0 bridgehead atoms. The van der Waals surface area contributed by atoms with Crippen LogP contribution in [0.1, 0.15) is 51.9 Å². The topological polar surface area (TPSA) is 49.3 Å². The van der Waals surface area contributed by atoms with Crippen molar-refractivity contribution in [1.29, 1.82) is 0 Å². The van der Waals surface area contributed by atoms with E-state index < -0.39 is 0 Å². The first-order valence-corrected chi connectivity index (χ1v) is 12.2. The molecular formula is C23H29NO2Se. The van der Waals surface area contributed by atoms with E-state index in [9.17, 15) is 9.90 Å². The minimum atomic E-state index is -0.0803. The van der Waals surface area contributed by atoms with Gasteiger partial charge in [0.2, 0.25) is 0 Å². The first kappa shape index (κ1) is 18.0. The van der Waals surface area contributed by atoms with Crippen molar-refractivity contribution in [3.05, 3.63) is 40.5 Å². The maximum absolute atomic E-state index is 12.3. The van der Waals surface area contributed by atoms with E-state index in [0.717, 1.165) is 19.3 Å². The van der Waals surface area contributed by atoms with Crippen LogP contribution in [0.3, 0.4) is 0 Å². The number of allylic oxidation sites excluding steroid dienone is 2. The Balaban J connectivity index is 1.55. The number of aliphatic hydroxyl groups excluding tert-OH is 1. The molecule has 27 heavy (non-hydrogen) atoms. The number of nitrogens with one attached hydrogen (secondary N) is 1. The molecule has 3 aliphatic carbocycles. The van der Waals surface area contributed by atoms with Gasteiger partial charge in [0.1, 0.15) is 0 Å². The SMILES string of the molecule is CC12CCC(=O)NC1=C([Se]c1ccccc1)CC1C3CC[C@H](O)C3CCC12. The summed E-state index contributed by atoms with van der Waals surface area (Å²) in [6, 6.07) is 10.8. The molecule has 5 unspecified atom stereocenters. The van der Waals surface area contributed by atoms with Crippen molar-refractivity contribution < 1.29 is 9.90 Å². The van der Waals surface area contributed by atoms with Gasteiger partial charge in [0.15, 0.2) is 0 Å². The molecule has 6 atom stereocenters. The second-order valence-electron chi connectivity index (χ2n) is 9.20. The summed E-state index contributed by atoms with van der Waals surface area (Å²) in [5.41, 5.74) is 1.39. The molecule has 1 aromatic carbocycles. The average Bonchev–Trinajstić information content (AvgIpc) is 3.05. The summed E-state index contributed by atoms with van der Waals surface area (Å²) >= 11 is 0.262. The first-order valence-electron chi connectivity index (χ1n) is 10.5. The molecule has 0 spiro atoms. The molecule has 4 aliphatic rings. The molecule has 0 radical (unpaired) electrons. The van der Waals surface area contributed by atoms with E-state index >= 15 is 0 Å². The van der Waals surface area contributed by atoms with Crippen LogP contribution in [0, 0.1) is 29.1 Å². The number of amides is 1. The zero-order valence-electron chi connectivity index (χ0n) is 16.0. The van der Waals surface area contributed by atoms with Crippen molar-refractivity contribution in [3.63, 3.8) is 0 Å². The number of hydrogen-bond donors (Lipinski definition) is 2. The van der Waals surface area contributed by atoms with Crippen LogP contribution < -0.4 is 9.78 Å². The van der Waals surface area contributed by atoms with Crippen LogP contribution in [-0.2, 0) is 4.79 Å². The summed E-state index contributed by atoms with van der Waals surface area (Å²) < 4.78 is 2.90. The van der Waals surface area contributed by atoms with Gasteiger partial charge in [0.05, 0.1) is 0 Å². The first-order chi connectivity index (χ1) is 13.1. The van der Waals surface area contributed by atoms with Crippen molar-refractivity contribution in [2.75, 3.05) is 0 Å². The second-order valence-corrected chi connectivity index (χ2v) is 11.7. The van der Waals surface area contributed by atoms with E-state index in [4.69, 9.17) is 0 Å². The number of benzene rings is 1.